The van der Waals surface area contributed by atoms with Gasteiger partial charge in [0.25, 0.3) is 0 Å². The predicted octanol–water partition coefficient (Wildman–Crippen LogP) is 2.74. The smallest absolute Gasteiger partial charge is 0.220 e. The van der Waals surface area contributed by atoms with Gasteiger partial charge in [0.15, 0.2) is 0 Å². The van der Waals surface area contributed by atoms with Gasteiger partial charge in [-0.3, -0.25) is 0 Å². The van der Waals surface area contributed by atoms with E-state index in [0.717, 1.165) is 4.38 Å². The Bertz CT molecular complexity index is 153. The van der Waals surface area contributed by atoms with Crippen LogP contribution in [0.25, 0.3) is 0 Å². The van der Waals surface area contributed by atoms with Gasteiger partial charge in [-0.25, -0.2) is 0 Å². The Kier molecular flexibility index (Phi) is 2.37. The van der Waals surface area contributed by atoms with Crippen LogP contribution in [0.3, 0.4) is 0 Å². The van der Waals surface area contributed by atoms with Gasteiger partial charge in [-0.05, 0) is 31.5 Å². The molecule has 1 aliphatic carbocycles. The van der Waals surface area contributed by atoms with Gasteiger partial charge in [0.1, 0.15) is 6.10 Å². The zero-order chi connectivity index (χ0) is 7.68. The first-order chi connectivity index (χ1) is 5.36. The molecule has 2 atom stereocenters. The van der Waals surface area contributed by atoms with Crippen LogP contribution in [-0.4, -0.2) is 15.7 Å². The van der Waals surface area contributed by atoms with Gasteiger partial charge in [-0.2, -0.15) is 0 Å². The standard InChI is InChI=1S/C8H12OS2/c10-8-9-6-4-2-1-3-5-7(6)11-8/h6-7H,1-5H2. The number of fused-ring (bicyclic) bond motifs is 1. The number of ether oxygens (including phenoxy) is 1. The lowest BCUT2D eigenvalue weighted by Crippen LogP contribution is -2.17. The fraction of sp³-hybridized carbons (Fsp3) is 0.875. The molecule has 1 saturated heterocycles. The third-order valence-electron chi connectivity index (χ3n) is 2.39. The first kappa shape index (κ1) is 7.87. The van der Waals surface area contributed by atoms with Crippen molar-refractivity contribution in [3.63, 3.8) is 0 Å². The molecule has 3 heteroatoms. The van der Waals surface area contributed by atoms with Crippen LogP contribution in [0, 0.1) is 0 Å². The zero-order valence-electron chi connectivity index (χ0n) is 6.41. The molecule has 0 amide bonds. The van der Waals surface area contributed by atoms with Crippen LogP contribution in [-0.2, 0) is 4.74 Å². The monoisotopic (exact) mass is 188 g/mol. The summed E-state index contributed by atoms with van der Waals surface area (Å²) in [6.45, 7) is 0. The molecule has 0 aromatic heterocycles. The van der Waals surface area contributed by atoms with Gasteiger partial charge in [0.2, 0.25) is 4.38 Å². The molecule has 2 rings (SSSR count). The molecule has 0 radical (unpaired) electrons. The van der Waals surface area contributed by atoms with E-state index in [0.29, 0.717) is 11.4 Å². The lowest BCUT2D eigenvalue weighted by molar-refractivity contribution is 0.200. The molecule has 0 N–H and O–H groups in total. The molecule has 1 nitrogen and oxygen atoms in total. The Balaban J connectivity index is 2.01. The zero-order valence-corrected chi connectivity index (χ0v) is 8.05. The third kappa shape index (κ3) is 1.70. The fourth-order valence-electron chi connectivity index (χ4n) is 1.78. The van der Waals surface area contributed by atoms with Crippen LogP contribution in [0.1, 0.15) is 32.1 Å². The van der Waals surface area contributed by atoms with Gasteiger partial charge in [0, 0.05) is 0 Å². The summed E-state index contributed by atoms with van der Waals surface area (Å²) < 4.78 is 6.32. The van der Waals surface area contributed by atoms with E-state index in [1.807, 2.05) is 0 Å². The maximum atomic E-state index is 5.54. The van der Waals surface area contributed by atoms with E-state index in [1.54, 1.807) is 11.8 Å². The van der Waals surface area contributed by atoms with Crippen molar-refractivity contribution in [1.82, 2.24) is 0 Å². The number of rotatable bonds is 0. The van der Waals surface area contributed by atoms with Gasteiger partial charge in [-0.15, -0.1) is 0 Å². The summed E-state index contributed by atoms with van der Waals surface area (Å²) >= 11 is 6.79. The maximum Gasteiger partial charge on any atom is 0.220 e. The largest absolute Gasteiger partial charge is 0.474 e. The number of thioether (sulfide) groups is 1. The third-order valence-corrected chi connectivity index (χ3v) is 3.90. The highest BCUT2D eigenvalue weighted by Gasteiger charge is 2.33. The minimum atomic E-state index is 0.454. The minimum absolute atomic E-state index is 0.454. The maximum absolute atomic E-state index is 5.54. The second kappa shape index (κ2) is 3.31. The molecule has 0 aromatic rings. The molecule has 2 unspecified atom stereocenters. The van der Waals surface area contributed by atoms with E-state index in [2.05, 4.69) is 0 Å². The van der Waals surface area contributed by atoms with Gasteiger partial charge in [0.05, 0.1) is 5.25 Å². The summed E-state index contributed by atoms with van der Waals surface area (Å²) in [5.74, 6) is 0. The summed E-state index contributed by atoms with van der Waals surface area (Å²) in [6, 6.07) is 0. The van der Waals surface area contributed by atoms with E-state index >= 15 is 0 Å². The average Bonchev–Trinajstić information content (AvgIpc) is 2.17. The van der Waals surface area contributed by atoms with Crippen molar-refractivity contribution in [2.75, 3.05) is 0 Å². The highest BCUT2D eigenvalue weighted by molar-refractivity contribution is 8.23. The molecule has 11 heavy (non-hydrogen) atoms. The molecule has 2 aliphatic rings. The van der Waals surface area contributed by atoms with Crippen molar-refractivity contribution in [2.24, 2.45) is 0 Å². The van der Waals surface area contributed by atoms with Crippen LogP contribution >= 0.6 is 24.0 Å². The van der Waals surface area contributed by atoms with Crippen LogP contribution in [0.5, 0.6) is 0 Å². The van der Waals surface area contributed by atoms with Gasteiger partial charge >= 0.3 is 0 Å². The second-order valence-corrected chi connectivity index (χ2v) is 5.04. The highest BCUT2D eigenvalue weighted by Crippen LogP contribution is 2.37. The Morgan fingerprint density at radius 1 is 1.27 bits per heavy atom. The fourth-order valence-corrected chi connectivity index (χ4v) is 3.33. The van der Waals surface area contributed by atoms with Gasteiger partial charge < -0.3 is 4.74 Å². The molecule has 1 heterocycles. The van der Waals surface area contributed by atoms with Crippen molar-refractivity contribution in [2.45, 2.75) is 43.5 Å². The summed E-state index contributed by atoms with van der Waals surface area (Å²) in [5.41, 5.74) is 0. The molecule has 1 aliphatic heterocycles. The van der Waals surface area contributed by atoms with E-state index in [4.69, 9.17) is 17.0 Å². The van der Waals surface area contributed by atoms with E-state index in [9.17, 15) is 0 Å². The normalized spacial score (nSPS) is 37.6. The quantitative estimate of drug-likeness (QED) is 0.541. The van der Waals surface area contributed by atoms with E-state index in [1.165, 1.54) is 32.1 Å². The van der Waals surface area contributed by atoms with E-state index in [-0.39, 0.29) is 0 Å². The molecule has 0 aromatic carbocycles. The van der Waals surface area contributed by atoms with Crippen molar-refractivity contribution < 1.29 is 4.74 Å². The first-order valence-electron chi connectivity index (χ1n) is 4.23. The summed E-state index contributed by atoms with van der Waals surface area (Å²) in [6.07, 6.45) is 7.04. The van der Waals surface area contributed by atoms with Crippen LogP contribution in [0.2, 0.25) is 0 Å². The van der Waals surface area contributed by atoms with E-state index < -0.39 is 0 Å². The van der Waals surface area contributed by atoms with Crippen molar-refractivity contribution in [3.8, 4) is 0 Å². The summed E-state index contributed by atoms with van der Waals surface area (Å²) in [4.78, 5) is 0. The Morgan fingerprint density at radius 2 is 2.09 bits per heavy atom. The number of thiocarbonyl (C=S) groups is 1. The lowest BCUT2D eigenvalue weighted by atomic mass is 10.1. The molecule has 62 valence electrons. The second-order valence-electron chi connectivity index (χ2n) is 3.20. The molecule has 0 spiro atoms. The molecule has 2 fully saturated rings. The Morgan fingerprint density at radius 3 is 3.00 bits per heavy atom. The molecule has 1 saturated carbocycles. The lowest BCUT2D eigenvalue weighted by Gasteiger charge is -2.11. The Labute approximate surface area is 76.9 Å². The molecular formula is C8H12OS2. The van der Waals surface area contributed by atoms with Crippen LogP contribution in [0.4, 0.5) is 0 Å². The molecule has 0 bridgehead atoms. The van der Waals surface area contributed by atoms with Crippen molar-refractivity contribution in [3.05, 3.63) is 0 Å². The minimum Gasteiger partial charge on any atom is -0.474 e. The number of hydrogen-bond acceptors (Lipinski definition) is 3. The van der Waals surface area contributed by atoms with Gasteiger partial charge in [-0.1, -0.05) is 24.6 Å². The molecular weight excluding hydrogens is 176 g/mol. The van der Waals surface area contributed by atoms with Crippen molar-refractivity contribution in [1.29, 1.82) is 0 Å². The topological polar surface area (TPSA) is 9.23 Å². The SMILES string of the molecule is S=C1OC2CCCCCC2S1. The van der Waals surface area contributed by atoms with Crippen LogP contribution < -0.4 is 0 Å². The first-order valence-corrected chi connectivity index (χ1v) is 5.52. The van der Waals surface area contributed by atoms with Crippen LogP contribution in [0.15, 0.2) is 0 Å². The Hall–Kier alpha value is 0.240. The number of hydrogen-bond donors (Lipinski definition) is 0. The predicted molar refractivity (Wildman–Crippen MR) is 51.9 cm³/mol. The summed E-state index contributed by atoms with van der Waals surface area (Å²) in [7, 11) is 0. The highest BCUT2D eigenvalue weighted by atomic mass is 32.2. The summed E-state index contributed by atoms with van der Waals surface area (Å²) in [5, 5.41) is 0.685. The average molecular weight is 188 g/mol. The van der Waals surface area contributed by atoms with Crippen molar-refractivity contribution >= 4 is 28.4 Å².